The Hall–Kier alpha value is -3.09. The third kappa shape index (κ3) is 6.18. The van der Waals surface area contributed by atoms with Gasteiger partial charge in [-0.15, -0.1) is 11.3 Å². The van der Waals surface area contributed by atoms with Gasteiger partial charge in [-0.3, -0.25) is 9.59 Å². The molecule has 1 atom stereocenters. The van der Waals surface area contributed by atoms with E-state index in [1.807, 2.05) is 6.07 Å². The minimum atomic E-state index is -4.68. The average molecular weight is 540 g/mol. The predicted molar refractivity (Wildman–Crippen MR) is 129 cm³/mol. The molecular weight excluding hydrogens is 519 g/mol. The molecule has 0 radical (unpaired) electrons. The van der Waals surface area contributed by atoms with Crippen LogP contribution < -0.4 is 10.2 Å². The van der Waals surface area contributed by atoms with Gasteiger partial charge in [0, 0.05) is 31.6 Å². The van der Waals surface area contributed by atoms with Gasteiger partial charge < -0.3 is 15.0 Å². The Kier molecular flexibility index (Phi) is 7.86. The van der Waals surface area contributed by atoms with Crippen LogP contribution in [0.4, 0.5) is 24.8 Å². The molecule has 4 rings (SSSR count). The Morgan fingerprint density at radius 1 is 1.22 bits per heavy atom. The van der Waals surface area contributed by atoms with E-state index in [9.17, 15) is 22.8 Å². The first-order valence-corrected chi connectivity index (χ1v) is 12.1. The summed E-state index contributed by atoms with van der Waals surface area (Å²) in [5.74, 6) is -0.706. The maximum Gasteiger partial charge on any atom is 0.418 e. The van der Waals surface area contributed by atoms with Gasteiger partial charge in [-0.2, -0.15) is 13.2 Å². The first-order valence-electron chi connectivity index (χ1n) is 10.9. The first kappa shape index (κ1) is 26.0. The second kappa shape index (κ2) is 10.9. The van der Waals surface area contributed by atoms with Crippen LogP contribution in [0.1, 0.15) is 50.0 Å². The smallest absolute Gasteiger partial charge is 0.378 e. The van der Waals surface area contributed by atoms with Crippen LogP contribution in [0.3, 0.4) is 0 Å². The van der Waals surface area contributed by atoms with Gasteiger partial charge in [-0.05, 0) is 18.2 Å². The fourth-order valence-electron chi connectivity index (χ4n) is 3.54. The summed E-state index contributed by atoms with van der Waals surface area (Å²) in [4.78, 5) is 40.1. The number of hydrogen-bond acceptors (Lipinski definition) is 8. The number of morpholine rings is 1. The van der Waals surface area contributed by atoms with Crippen molar-refractivity contribution in [1.29, 1.82) is 0 Å². The van der Waals surface area contributed by atoms with E-state index in [2.05, 4.69) is 25.2 Å². The molecule has 8 nitrogen and oxygen atoms in total. The number of hydrogen-bond donors (Lipinski definition) is 1. The fourth-order valence-corrected chi connectivity index (χ4v) is 4.61. The number of nitrogens with one attached hydrogen (secondary N) is 1. The van der Waals surface area contributed by atoms with Crippen molar-refractivity contribution in [3.8, 4) is 0 Å². The molecule has 1 saturated heterocycles. The van der Waals surface area contributed by atoms with Gasteiger partial charge in [-0.1, -0.05) is 24.6 Å². The number of carbonyl (C=O) groups excluding carboxylic acids is 2. The average Bonchev–Trinajstić information content (AvgIpc) is 3.36. The van der Waals surface area contributed by atoms with E-state index in [-0.39, 0.29) is 28.8 Å². The van der Waals surface area contributed by atoms with E-state index in [1.54, 1.807) is 19.1 Å². The number of carbonyl (C=O) groups is 2. The van der Waals surface area contributed by atoms with Crippen LogP contribution >= 0.6 is 22.9 Å². The van der Waals surface area contributed by atoms with Crippen LogP contribution in [0.5, 0.6) is 0 Å². The van der Waals surface area contributed by atoms with Crippen molar-refractivity contribution in [2.45, 2.75) is 25.4 Å². The molecule has 1 amide bonds. The van der Waals surface area contributed by atoms with Crippen LogP contribution in [0.15, 0.2) is 36.7 Å². The third-order valence-electron chi connectivity index (χ3n) is 5.42. The van der Waals surface area contributed by atoms with Crippen molar-refractivity contribution in [2.24, 2.45) is 0 Å². The Morgan fingerprint density at radius 2 is 1.97 bits per heavy atom. The van der Waals surface area contributed by atoms with E-state index in [0.717, 1.165) is 23.4 Å². The van der Waals surface area contributed by atoms with E-state index >= 15 is 0 Å². The molecule has 1 fully saturated rings. The highest BCUT2D eigenvalue weighted by Gasteiger charge is 2.34. The van der Waals surface area contributed by atoms with Crippen LogP contribution in [-0.4, -0.2) is 52.9 Å². The minimum absolute atomic E-state index is 0.127. The van der Waals surface area contributed by atoms with E-state index in [4.69, 9.17) is 16.3 Å². The number of alkyl halides is 3. The van der Waals surface area contributed by atoms with Gasteiger partial charge in [0.2, 0.25) is 0 Å². The summed E-state index contributed by atoms with van der Waals surface area (Å²) in [7, 11) is 0. The molecule has 0 bridgehead atoms. The van der Waals surface area contributed by atoms with Crippen LogP contribution in [0.2, 0.25) is 5.02 Å². The van der Waals surface area contributed by atoms with Gasteiger partial charge >= 0.3 is 6.18 Å². The second-order valence-corrected chi connectivity index (χ2v) is 9.54. The summed E-state index contributed by atoms with van der Waals surface area (Å²) in [6.07, 6.45) is -2.42. The SMILES string of the molecule is CC(CC(=O)c1cccc(N2CCOCC2)n1)c1ncc(C(=O)Nc2cc(C(F)(F)F)c(Cl)cn2)s1. The van der Waals surface area contributed by atoms with Crippen molar-refractivity contribution >= 4 is 46.3 Å². The normalized spacial score (nSPS) is 15.0. The van der Waals surface area contributed by atoms with Crippen LogP contribution in [-0.2, 0) is 10.9 Å². The zero-order valence-electron chi connectivity index (χ0n) is 19.0. The molecule has 4 heterocycles. The quantitative estimate of drug-likeness (QED) is 0.419. The van der Waals surface area contributed by atoms with Gasteiger partial charge in [0.1, 0.15) is 22.2 Å². The summed E-state index contributed by atoms with van der Waals surface area (Å²) >= 11 is 6.61. The Labute approximate surface area is 213 Å². The summed E-state index contributed by atoms with van der Waals surface area (Å²) in [6.45, 7) is 4.42. The maximum atomic E-state index is 13.1. The second-order valence-electron chi connectivity index (χ2n) is 8.07. The summed E-state index contributed by atoms with van der Waals surface area (Å²) in [5.41, 5.74) is -0.757. The minimum Gasteiger partial charge on any atom is -0.378 e. The van der Waals surface area contributed by atoms with Crippen LogP contribution in [0, 0.1) is 0 Å². The molecule has 3 aromatic heterocycles. The summed E-state index contributed by atoms with van der Waals surface area (Å²) in [6, 6.07) is 5.97. The lowest BCUT2D eigenvalue weighted by atomic mass is 10.0. The molecule has 1 N–H and O–H groups in total. The van der Waals surface area contributed by atoms with Gasteiger partial charge in [0.15, 0.2) is 5.78 Å². The molecule has 0 aliphatic carbocycles. The number of ketones is 1. The fraction of sp³-hybridized carbons (Fsp3) is 0.348. The van der Waals surface area contributed by atoms with Gasteiger partial charge in [0.25, 0.3) is 5.91 Å². The molecular formula is C23H21ClF3N5O3S. The lowest BCUT2D eigenvalue weighted by Crippen LogP contribution is -2.36. The summed E-state index contributed by atoms with van der Waals surface area (Å²) in [5, 5.41) is 2.30. The zero-order chi connectivity index (χ0) is 25.9. The Bertz CT molecular complexity index is 1260. The lowest BCUT2D eigenvalue weighted by Gasteiger charge is -2.27. The van der Waals surface area contributed by atoms with Crippen molar-refractivity contribution in [2.75, 3.05) is 36.5 Å². The Balaban J connectivity index is 1.40. The number of ether oxygens (including phenoxy) is 1. The third-order valence-corrected chi connectivity index (χ3v) is 6.95. The number of anilines is 2. The number of halogens is 4. The predicted octanol–water partition coefficient (Wildman–Crippen LogP) is 5.07. The molecule has 190 valence electrons. The number of rotatable bonds is 7. The highest BCUT2D eigenvalue weighted by molar-refractivity contribution is 7.13. The van der Waals surface area contributed by atoms with E-state index < -0.39 is 22.7 Å². The highest BCUT2D eigenvalue weighted by atomic mass is 35.5. The molecule has 0 aromatic carbocycles. The maximum absolute atomic E-state index is 13.1. The van der Waals surface area contributed by atoms with E-state index in [0.29, 0.717) is 43.1 Å². The number of thiazole rings is 1. The van der Waals surface area contributed by atoms with Crippen molar-refractivity contribution in [1.82, 2.24) is 15.0 Å². The van der Waals surface area contributed by atoms with Crippen molar-refractivity contribution < 1.29 is 27.5 Å². The zero-order valence-corrected chi connectivity index (χ0v) is 20.6. The van der Waals surface area contributed by atoms with Crippen LogP contribution in [0.25, 0.3) is 0 Å². The topological polar surface area (TPSA) is 97.3 Å². The largest absolute Gasteiger partial charge is 0.418 e. The molecule has 0 saturated carbocycles. The molecule has 1 aliphatic heterocycles. The van der Waals surface area contributed by atoms with Crippen molar-refractivity contribution in [3.05, 3.63) is 62.8 Å². The van der Waals surface area contributed by atoms with Crippen molar-refractivity contribution in [3.63, 3.8) is 0 Å². The number of pyridine rings is 2. The highest BCUT2D eigenvalue weighted by Crippen LogP contribution is 2.35. The number of aromatic nitrogens is 3. The van der Waals surface area contributed by atoms with Gasteiger partial charge in [-0.25, -0.2) is 15.0 Å². The number of amides is 1. The molecule has 36 heavy (non-hydrogen) atoms. The molecule has 0 spiro atoms. The molecule has 13 heteroatoms. The monoisotopic (exact) mass is 539 g/mol. The molecule has 3 aromatic rings. The van der Waals surface area contributed by atoms with E-state index in [1.165, 1.54) is 6.20 Å². The lowest BCUT2D eigenvalue weighted by molar-refractivity contribution is -0.137. The summed E-state index contributed by atoms with van der Waals surface area (Å²) < 4.78 is 44.5. The molecule has 1 aliphatic rings. The molecule has 1 unspecified atom stereocenters. The number of Topliss-reactive ketones (excluding diaryl/α,β-unsaturated/α-hetero) is 1. The Morgan fingerprint density at radius 3 is 2.69 bits per heavy atom. The first-order chi connectivity index (χ1) is 17.1. The number of nitrogens with zero attached hydrogens (tertiary/aromatic N) is 4. The van der Waals surface area contributed by atoms with Gasteiger partial charge in [0.05, 0.1) is 35.0 Å². The standard InChI is InChI=1S/C23H21ClF3N5O3S/c1-13(9-17(33)16-3-2-4-20(30-16)32-5-7-35-8-6-32)22-29-12-18(36-22)21(34)31-19-10-14(23(25,26)27)15(24)11-28-19/h2-4,10-13H,5-9H2,1H3,(H,28,31,34).